The summed E-state index contributed by atoms with van der Waals surface area (Å²) in [7, 11) is 0. The summed E-state index contributed by atoms with van der Waals surface area (Å²) in [6.45, 7) is -0.261. The average Bonchev–Trinajstić information content (AvgIpc) is 2.14. The van der Waals surface area contributed by atoms with Crippen molar-refractivity contribution in [1.82, 2.24) is 10.2 Å². The van der Waals surface area contributed by atoms with Gasteiger partial charge in [0.2, 0.25) is 0 Å². The third kappa shape index (κ3) is 2.61. The lowest BCUT2D eigenvalue weighted by Gasteiger charge is -2.46. The van der Waals surface area contributed by atoms with Crippen LogP contribution in [0.3, 0.4) is 0 Å². The first-order valence-corrected chi connectivity index (χ1v) is 5.58. The molecule has 1 aliphatic heterocycles. The van der Waals surface area contributed by atoms with E-state index in [4.69, 9.17) is 5.11 Å². The molecular weight excluding hydrogens is 218 g/mol. The van der Waals surface area contributed by atoms with Crippen LogP contribution in [0.5, 0.6) is 0 Å². The van der Waals surface area contributed by atoms with Gasteiger partial charge in [0.25, 0.3) is 5.92 Å². The molecule has 0 aromatic rings. The molecule has 0 bridgehead atoms. The second kappa shape index (κ2) is 4.16. The molecule has 6 heteroatoms. The van der Waals surface area contributed by atoms with Gasteiger partial charge in [-0.15, -0.1) is 0 Å². The topological polar surface area (TPSA) is 52.6 Å². The van der Waals surface area contributed by atoms with Crippen LogP contribution in [0.25, 0.3) is 0 Å². The molecule has 16 heavy (non-hydrogen) atoms. The summed E-state index contributed by atoms with van der Waals surface area (Å²) in [6, 6.07) is 0.210. The number of hydrogen-bond donors (Lipinski definition) is 2. The van der Waals surface area contributed by atoms with Crippen molar-refractivity contribution in [2.75, 3.05) is 13.1 Å². The zero-order valence-electron chi connectivity index (χ0n) is 8.96. The molecular formula is C10H16F2N2O2. The Labute approximate surface area is 92.6 Å². The largest absolute Gasteiger partial charge is 0.465 e. The molecule has 0 unspecified atom stereocenters. The Bertz CT molecular complexity index is 270. The van der Waals surface area contributed by atoms with Crippen LogP contribution in [0.2, 0.25) is 0 Å². The third-order valence-electron chi connectivity index (χ3n) is 3.41. The van der Waals surface area contributed by atoms with Gasteiger partial charge in [0.05, 0.1) is 13.1 Å². The number of hydrogen-bond acceptors (Lipinski definition) is 2. The molecule has 0 aromatic heterocycles. The van der Waals surface area contributed by atoms with Gasteiger partial charge >= 0.3 is 6.09 Å². The Morgan fingerprint density at radius 3 is 2.25 bits per heavy atom. The van der Waals surface area contributed by atoms with Crippen molar-refractivity contribution in [2.45, 2.75) is 43.7 Å². The first-order valence-electron chi connectivity index (χ1n) is 5.58. The fourth-order valence-electron chi connectivity index (χ4n) is 2.57. The number of carboxylic acid groups (broad SMARTS) is 1. The van der Waals surface area contributed by atoms with E-state index < -0.39 is 12.0 Å². The summed E-state index contributed by atoms with van der Waals surface area (Å²) in [6.07, 6.45) is 2.11. The molecule has 2 rings (SSSR count). The van der Waals surface area contributed by atoms with Crippen LogP contribution in [0.4, 0.5) is 13.6 Å². The van der Waals surface area contributed by atoms with Crippen molar-refractivity contribution < 1.29 is 18.7 Å². The number of nitrogens with one attached hydrogen (secondary N) is 1. The van der Waals surface area contributed by atoms with Crippen molar-refractivity contribution in [3.63, 3.8) is 0 Å². The quantitative estimate of drug-likeness (QED) is 0.761. The Morgan fingerprint density at radius 2 is 1.81 bits per heavy atom. The fraction of sp³-hybridized carbons (Fsp3) is 0.900. The molecule has 0 spiro atoms. The summed E-state index contributed by atoms with van der Waals surface area (Å²) in [5, 5.41) is 11.0. The average molecular weight is 234 g/mol. The molecule has 2 fully saturated rings. The molecule has 2 aliphatic rings. The van der Waals surface area contributed by atoms with E-state index in [1.165, 1.54) is 0 Å². The summed E-state index contributed by atoms with van der Waals surface area (Å²) < 4.78 is 25.3. The Balaban J connectivity index is 1.72. The minimum atomic E-state index is -2.50. The Morgan fingerprint density at radius 1 is 1.25 bits per heavy atom. The minimum absolute atomic E-state index is 0.00413. The highest BCUT2D eigenvalue weighted by Gasteiger charge is 2.46. The predicted molar refractivity (Wildman–Crippen MR) is 53.7 cm³/mol. The second-order valence-electron chi connectivity index (χ2n) is 4.72. The van der Waals surface area contributed by atoms with Gasteiger partial charge in [-0.25, -0.2) is 13.6 Å². The van der Waals surface area contributed by atoms with Gasteiger partial charge in [0.15, 0.2) is 0 Å². The first kappa shape index (κ1) is 11.6. The van der Waals surface area contributed by atoms with Gasteiger partial charge in [0.1, 0.15) is 0 Å². The van der Waals surface area contributed by atoms with E-state index in [0.717, 1.165) is 25.7 Å². The highest BCUT2D eigenvalue weighted by molar-refractivity contribution is 5.64. The van der Waals surface area contributed by atoms with E-state index >= 15 is 0 Å². The monoisotopic (exact) mass is 234 g/mol. The Kier molecular flexibility index (Phi) is 3.01. The minimum Gasteiger partial charge on any atom is -0.465 e. The van der Waals surface area contributed by atoms with E-state index in [-0.39, 0.29) is 25.2 Å². The summed E-state index contributed by atoms with van der Waals surface area (Å²) in [5.74, 6) is -2.50. The molecule has 1 heterocycles. The number of alkyl halides is 2. The lowest BCUT2D eigenvalue weighted by molar-refractivity contribution is -0.150. The molecule has 1 aliphatic carbocycles. The van der Waals surface area contributed by atoms with Crippen LogP contribution in [0, 0.1) is 0 Å². The van der Waals surface area contributed by atoms with E-state index in [2.05, 4.69) is 5.32 Å². The lowest BCUT2D eigenvalue weighted by atomic mass is 9.88. The molecule has 4 nitrogen and oxygen atoms in total. The number of halogens is 2. The van der Waals surface area contributed by atoms with Gasteiger partial charge in [0, 0.05) is 12.1 Å². The van der Waals surface area contributed by atoms with Crippen LogP contribution in [0.15, 0.2) is 0 Å². The fourth-order valence-corrected chi connectivity index (χ4v) is 2.57. The van der Waals surface area contributed by atoms with Gasteiger partial charge in [-0.05, 0) is 25.7 Å². The van der Waals surface area contributed by atoms with Gasteiger partial charge in [-0.1, -0.05) is 0 Å². The molecule has 2 N–H and O–H groups in total. The first-order chi connectivity index (χ1) is 7.46. The molecule has 0 radical (unpaired) electrons. The summed E-state index contributed by atoms with van der Waals surface area (Å²) in [4.78, 5) is 12.2. The maximum absolute atomic E-state index is 12.7. The standard InChI is InChI=1S/C10H16F2N2O2/c11-10(12)5-14(6-10)8-3-1-7(2-4-8)13-9(15)16/h7-8,13H,1-6H2,(H,15,16)/t7-,8+. The predicted octanol–water partition coefficient (Wildman–Crippen LogP) is 1.52. The van der Waals surface area contributed by atoms with Crippen LogP contribution in [-0.4, -0.2) is 47.2 Å². The second-order valence-corrected chi connectivity index (χ2v) is 4.72. The molecule has 1 amide bonds. The zero-order chi connectivity index (χ0) is 11.8. The van der Waals surface area contributed by atoms with Crippen molar-refractivity contribution in [2.24, 2.45) is 0 Å². The SMILES string of the molecule is O=C(O)N[C@H]1CC[C@@H](N2CC(F)(F)C2)CC1. The van der Waals surface area contributed by atoms with Gasteiger partial charge in [-0.2, -0.15) is 0 Å². The molecule has 0 atom stereocenters. The van der Waals surface area contributed by atoms with Gasteiger partial charge < -0.3 is 10.4 Å². The van der Waals surface area contributed by atoms with E-state index in [9.17, 15) is 13.6 Å². The number of rotatable bonds is 2. The third-order valence-corrected chi connectivity index (χ3v) is 3.41. The molecule has 0 aromatic carbocycles. The lowest BCUT2D eigenvalue weighted by Crippen LogP contribution is -2.60. The van der Waals surface area contributed by atoms with Crippen molar-refractivity contribution in [3.05, 3.63) is 0 Å². The zero-order valence-corrected chi connectivity index (χ0v) is 8.96. The smallest absolute Gasteiger partial charge is 0.404 e. The molecule has 1 saturated carbocycles. The summed E-state index contributed by atoms with van der Waals surface area (Å²) >= 11 is 0. The van der Waals surface area contributed by atoms with Crippen LogP contribution in [0.1, 0.15) is 25.7 Å². The van der Waals surface area contributed by atoms with Crippen LogP contribution >= 0.6 is 0 Å². The van der Waals surface area contributed by atoms with Crippen molar-refractivity contribution in [1.29, 1.82) is 0 Å². The number of carbonyl (C=O) groups is 1. The van der Waals surface area contributed by atoms with Crippen molar-refractivity contribution in [3.8, 4) is 0 Å². The molecule has 92 valence electrons. The van der Waals surface area contributed by atoms with Crippen LogP contribution < -0.4 is 5.32 Å². The summed E-state index contributed by atoms with van der Waals surface area (Å²) in [5.41, 5.74) is 0. The number of nitrogens with zero attached hydrogens (tertiary/aromatic N) is 1. The highest BCUT2D eigenvalue weighted by Crippen LogP contribution is 2.33. The van der Waals surface area contributed by atoms with Crippen molar-refractivity contribution >= 4 is 6.09 Å². The van der Waals surface area contributed by atoms with E-state index in [1.807, 2.05) is 0 Å². The number of amides is 1. The molecule has 1 saturated heterocycles. The van der Waals surface area contributed by atoms with Crippen LogP contribution in [-0.2, 0) is 0 Å². The number of likely N-dealkylation sites (tertiary alicyclic amines) is 1. The maximum atomic E-state index is 12.7. The van der Waals surface area contributed by atoms with E-state index in [0.29, 0.717) is 0 Å². The Hall–Kier alpha value is -0.910. The normalized spacial score (nSPS) is 34.1. The van der Waals surface area contributed by atoms with Gasteiger partial charge in [-0.3, -0.25) is 4.90 Å². The van der Waals surface area contributed by atoms with E-state index in [1.54, 1.807) is 4.90 Å². The highest BCUT2D eigenvalue weighted by atomic mass is 19.3. The maximum Gasteiger partial charge on any atom is 0.404 e.